The summed E-state index contributed by atoms with van der Waals surface area (Å²) in [5.74, 6) is 0. The summed E-state index contributed by atoms with van der Waals surface area (Å²) in [6.07, 6.45) is -3.23. The highest BCUT2D eigenvalue weighted by molar-refractivity contribution is 5.60. The summed E-state index contributed by atoms with van der Waals surface area (Å²) in [5, 5.41) is 15.3. The average molecular weight is 261 g/mol. The number of carbonyl (C=O) groups is 1. The third kappa shape index (κ3) is 2.34. The van der Waals surface area contributed by atoms with Gasteiger partial charge in [-0.05, 0) is 11.3 Å². The summed E-state index contributed by atoms with van der Waals surface area (Å²) in [4.78, 5) is 15.0. The van der Waals surface area contributed by atoms with Gasteiger partial charge in [0, 0.05) is 6.42 Å². The first-order valence-corrected chi connectivity index (χ1v) is 4.69. The van der Waals surface area contributed by atoms with Crippen molar-refractivity contribution in [3.8, 4) is 0 Å². The molecule has 9 heteroatoms. The summed E-state index contributed by atoms with van der Waals surface area (Å²) in [5.41, 5.74) is -0.875. The maximum Gasteiger partial charge on any atom is 0.532 e. The molecule has 1 aromatic heterocycles. The molecule has 0 saturated carbocycles. The van der Waals surface area contributed by atoms with E-state index in [2.05, 4.69) is 15.1 Å². The van der Waals surface area contributed by atoms with Crippen LogP contribution in [0.25, 0.3) is 6.08 Å². The number of fused-ring (bicyclic) bond motifs is 1. The fourth-order valence-electron chi connectivity index (χ4n) is 1.40. The van der Waals surface area contributed by atoms with Crippen LogP contribution in [0, 0.1) is 0 Å². The van der Waals surface area contributed by atoms with Gasteiger partial charge in [0.2, 0.25) is 0 Å². The Labute approximate surface area is 97.9 Å². The van der Waals surface area contributed by atoms with E-state index in [1.54, 1.807) is 0 Å². The van der Waals surface area contributed by atoms with Crippen molar-refractivity contribution in [2.24, 2.45) is 0 Å². The molecule has 0 aromatic carbocycles. The molecule has 18 heavy (non-hydrogen) atoms. The van der Waals surface area contributed by atoms with Gasteiger partial charge in [-0.15, -0.1) is 5.10 Å². The van der Waals surface area contributed by atoms with Gasteiger partial charge in [-0.3, -0.25) is 4.84 Å². The highest BCUT2D eigenvalue weighted by atomic mass is 19.4. The third-order valence-corrected chi connectivity index (χ3v) is 2.14. The Morgan fingerprint density at radius 2 is 2.22 bits per heavy atom. The molecule has 0 aliphatic heterocycles. The molecule has 6 nitrogen and oxygen atoms in total. The predicted molar refractivity (Wildman–Crippen MR) is 51.5 cm³/mol. The maximum absolute atomic E-state index is 12.6. The Bertz CT molecular complexity index is 545. The van der Waals surface area contributed by atoms with Gasteiger partial charge < -0.3 is 5.11 Å². The van der Waals surface area contributed by atoms with Crippen LogP contribution in [0.4, 0.5) is 18.0 Å². The molecule has 96 valence electrons. The lowest BCUT2D eigenvalue weighted by molar-refractivity contribution is -0.0873. The van der Waals surface area contributed by atoms with Crippen molar-refractivity contribution < 1.29 is 27.9 Å². The zero-order valence-corrected chi connectivity index (χ0v) is 8.68. The van der Waals surface area contributed by atoms with Crippen LogP contribution in [-0.2, 0) is 6.42 Å². The predicted octanol–water partition coefficient (Wildman–Crippen LogP) is 1.44. The van der Waals surface area contributed by atoms with Crippen molar-refractivity contribution in [1.29, 1.82) is 0 Å². The maximum atomic E-state index is 12.6. The lowest BCUT2D eigenvalue weighted by Gasteiger charge is -2.06. The number of nitrogens with zero attached hydrogens (tertiary/aromatic N) is 3. The molecule has 0 spiro atoms. The molecule has 0 unspecified atom stereocenters. The van der Waals surface area contributed by atoms with Gasteiger partial charge in [0.05, 0.1) is 11.3 Å². The molecule has 0 amide bonds. The zero-order chi connectivity index (χ0) is 13.3. The highest BCUT2D eigenvalue weighted by Crippen LogP contribution is 2.30. The van der Waals surface area contributed by atoms with Crippen molar-refractivity contribution >= 4 is 12.2 Å². The van der Waals surface area contributed by atoms with Crippen LogP contribution in [0.5, 0.6) is 0 Å². The first kappa shape index (κ1) is 12.1. The van der Waals surface area contributed by atoms with E-state index < -0.39 is 17.9 Å². The lowest BCUT2D eigenvalue weighted by Crippen LogP contribution is -2.20. The Kier molecular flexibility index (Phi) is 2.81. The molecule has 0 atom stereocenters. The van der Waals surface area contributed by atoms with Gasteiger partial charge in [-0.2, -0.15) is 13.2 Å². The molecular weight excluding hydrogens is 255 g/mol. The van der Waals surface area contributed by atoms with Crippen LogP contribution < -0.4 is 4.84 Å². The first-order chi connectivity index (χ1) is 8.38. The second-order valence-electron chi connectivity index (χ2n) is 3.36. The number of carboxylic acid groups (broad SMARTS) is 1. The Morgan fingerprint density at radius 3 is 2.83 bits per heavy atom. The number of hydrogen-bond acceptors (Lipinski definition) is 4. The van der Waals surface area contributed by atoms with E-state index in [-0.39, 0.29) is 17.8 Å². The summed E-state index contributed by atoms with van der Waals surface area (Å²) < 4.78 is 37.8. The number of alkyl halides is 3. The number of aromatic nitrogens is 3. The molecule has 0 fully saturated rings. The van der Waals surface area contributed by atoms with Gasteiger partial charge in [0.1, 0.15) is 5.69 Å². The Morgan fingerprint density at radius 1 is 1.50 bits per heavy atom. The van der Waals surface area contributed by atoms with Crippen LogP contribution in [0.15, 0.2) is 17.7 Å². The second-order valence-corrected chi connectivity index (χ2v) is 3.36. The fraction of sp³-hybridized carbons (Fsp3) is 0.222. The van der Waals surface area contributed by atoms with Crippen LogP contribution >= 0.6 is 0 Å². The molecule has 1 aliphatic carbocycles. The van der Waals surface area contributed by atoms with E-state index in [0.29, 0.717) is 4.85 Å². The number of rotatable bonds is 1. The lowest BCUT2D eigenvalue weighted by atomic mass is 10.2. The SMILES string of the molecule is O=C(O)On1nnc2c1C=C(C(F)(F)F)C=CC2. The molecule has 1 aliphatic rings. The van der Waals surface area contributed by atoms with Crippen LogP contribution in [0.1, 0.15) is 11.4 Å². The summed E-state index contributed by atoms with van der Waals surface area (Å²) in [6.45, 7) is 0. The second kappa shape index (κ2) is 4.17. The molecule has 1 aromatic rings. The van der Waals surface area contributed by atoms with Crippen LogP contribution in [-0.4, -0.2) is 32.6 Å². The van der Waals surface area contributed by atoms with E-state index in [1.807, 2.05) is 0 Å². The molecule has 0 bridgehead atoms. The third-order valence-electron chi connectivity index (χ3n) is 2.14. The fourth-order valence-corrected chi connectivity index (χ4v) is 1.40. The molecule has 0 radical (unpaired) electrons. The minimum atomic E-state index is -4.55. The monoisotopic (exact) mass is 261 g/mol. The van der Waals surface area contributed by atoms with E-state index in [9.17, 15) is 18.0 Å². The number of hydrogen-bond donors (Lipinski definition) is 1. The van der Waals surface area contributed by atoms with Crippen molar-refractivity contribution in [2.75, 3.05) is 0 Å². The van der Waals surface area contributed by atoms with Crippen molar-refractivity contribution in [1.82, 2.24) is 15.2 Å². The van der Waals surface area contributed by atoms with Crippen molar-refractivity contribution in [2.45, 2.75) is 12.6 Å². The van der Waals surface area contributed by atoms with Crippen LogP contribution in [0.3, 0.4) is 0 Å². The largest absolute Gasteiger partial charge is 0.532 e. The standard InChI is InChI=1S/C9H6F3N3O3/c10-9(11,12)5-2-1-3-6-7(4-5)15(14-13-6)18-8(16)17/h1-2,4H,3H2,(H,16,17). The van der Waals surface area contributed by atoms with Crippen molar-refractivity contribution in [3.05, 3.63) is 29.1 Å². The van der Waals surface area contributed by atoms with Gasteiger partial charge >= 0.3 is 12.3 Å². The topological polar surface area (TPSA) is 77.2 Å². The Hall–Kier alpha value is -2.32. The zero-order valence-electron chi connectivity index (χ0n) is 8.68. The molecule has 2 rings (SSSR count). The molecule has 1 heterocycles. The summed E-state index contributed by atoms with van der Waals surface area (Å²) >= 11 is 0. The average Bonchev–Trinajstić information content (AvgIpc) is 2.48. The van der Waals surface area contributed by atoms with E-state index >= 15 is 0 Å². The summed E-state index contributed by atoms with van der Waals surface area (Å²) in [7, 11) is 0. The molecule has 1 N–H and O–H groups in total. The van der Waals surface area contributed by atoms with Crippen LogP contribution in [0.2, 0.25) is 0 Å². The van der Waals surface area contributed by atoms with Gasteiger partial charge in [0.25, 0.3) is 0 Å². The smallest absolute Gasteiger partial charge is 0.448 e. The van der Waals surface area contributed by atoms with Gasteiger partial charge in [-0.25, -0.2) is 4.79 Å². The Balaban J connectivity index is 2.46. The molecular formula is C9H6F3N3O3. The number of allylic oxidation sites excluding steroid dienone is 3. The van der Waals surface area contributed by atoms with E-state index in [0.717, 1.165) is 12.2 Å². The molecule has 0 saturated heterocycles. The van der Waals surface area contributed by atoms with Crippen molar-refractivity contribution in [3.63, 3.8) is 0 Å². The summed E-state index contributed by atoms with van der Waals surface area (Å²) in [6, 6.07) is 0. The van der Waals surface area contributed by atoms with Gasteiger partial charge in [-0.1, -0.05) is 17.0 Å². The van der Waals surface area contributed by atoms with Gasteiger partial charge in [0.15, 0.2) is 0 Å². The minimum Gasteiger partial charge on any atom is -0.448 e. The quantitative estimate of drug-likeness (QED) is 0.774. The highest BCUT2D eigenvalue weighted by Gasteiger charge is 2.33. The van der Waals surface area contributed by atoms with E-state index in [1.165, 1.54) is 6.08 Å². The minimum absolute atomic E-state index is 0.106. The first-order valence-electron chi connectivity index (χ1n) is 4.69. The number of halogens is 3. The normalized spacial score (nSPS) is 14.7. The van der Waals surface area contributed by atoms with E-state index in [4.69, 9.17) is 5.11 Å².